The number of halogens is 1. The van der Waals surface area contributed by atoms with E-state index in [0.29, 0.717) is 12.0 Å². The number of aromatic nitrogens is 2. The monoisotopic (exact) mass is 329 g/mol. The molecule has 19 heavy (non-hydrogen) atoms. The van der Waals surface area contributed by atoms with Crippen LogP contribution in [0.5, 0.6) is 0 Å². The van der Waals surface area contributed by atoms with Gasteiger partial charge in [0.1, 0.15) is 5.82 Å². The molecule has 0 unspecified atom stereocenters. The second kappa shape index (κ2) is 7.32. The Morgan fingerprint density at radius 1 is 1.26 bits per heavy atom. The topological polar surface area (TPSA) is 21.1 Å². The molecule has 0 spiro atoms. The first-order valence-electron chi connectivity index (χ1n) is 7.31. The van der Waals surface area contributed by atoms with Crippen LogP contribution in [0.3, 0.4) is 0 Å². The summed E-state index contributed by atoms with van der Waals surface area (Å²) in [5, 5.41) is 5.48. The third-order valence-corrected chi connectivity index (χ3v) is 4.22. The Morgan fingerprint density at radius 2 is 1.84 bits per heavy atom. The first kappa shape index (κ1) is 16.5. The Morgan fingerprint density at radius 3 is 2.26 bits per heavy atom. The molecule has 0 atom stereocenters. The summed E-state index contributed by atoms with van der Waals surface area (Å²) < 4.78 is 2.05. The van der Waals surface area contributed by atoms with Gasteiger partial charge in [0.2, 0.25) is 0 Å². The van der Waals surface area contributed by atoms with Crippen molar-refractivity contribution in [3.63, 3.8) is 0 Å². The third kappa shape index (κ3) is 3.74. The number of rotatable bonds is 7. The minimum atomic E-state index is 0.593. The van der Waals surface area contributed by atoms with Gasteiger partial charge >= 0.3 is 0 Å². The summed E-state index contributed by atoms with van der Waals surface area (Å²) in [7, 11) is 2.06. The third-order valence-electron chi connectivity index (χ3n) is 3.66. The zero-order valence-electron chi connectivity index (χ0n) is 13.2. The van der Waals surface area contributed by atoms with Crippen molar-refractivity contribution >= 4 is 21.7 Å². The molecule has 110 valence electrons. The summed E-state index contributed by atoms with van der Waals surface area (Å²) in [6.45, 7) is 12.3. The van der Waals surface area contributed by atoms with Crippen molar-refractivity contribution in [3.05, 3.63) is 11.3 Å². The average molecular weight is 330 g/mol. The predicted molar refractivity (Wildman–Crippen MR) is 87.1 cm³/mol. The summed E-state index contributed by atoms with van der Waals surface area (Å²) in [5.74, 6) is 1.94. The van der Waals surface area contributed by atoms with E-state index in [4.69, 9.17) is 0 Å². The van der Waals surface area contributed by atoms with E-state index in [2.05, 4.69) is 67.6 Å². The highest BCUT2D eigenvalue weighted by Gasteiger charge is 2.24. The van der Waals surface area contributed by atoms with E-state index in [0.717, 1.165) is 17.6 Å². The largest absolute Gasteiger partial charge is 0.353 e. The maximum absolute atomic E-state index is 4.61. The van der Waals surface area contributed by atoms with Gasteiger partial charge in [-0.1, -0.05) is 43.6 Å². The van der Waals surface area contributed by atoms with Gasteiger partial charge in [-0.15, -0.1) is 0 Å². The molecule has 1 aromatic rings. The summed E-state index contributed by atoms with van der Waals surface area (Å²) >= 11 is 3.62. The van der Waals surface area contributed by atoms with Crippen LogP contribution in [-0.4, -0.2) is 22.4 Å². The van der Waals surface area contributed by atoms with Gasteiger partial charge in [-0.3, -0.25) is 4.68 Å². The van der Waals surface area contributed by atoms with Crippen LogP contribution in [0.25, 0.3) is 0 Å². The van der Waals surface area contributed by atoms with E-state index in [1.54, 1.807) is 0 Å². The number of alkyl halides is 1. The lowest BCUT2D eigenvalue weighted by Gasteiger charge is -2.34. The van der Waals surface area contributed by atoms with Crippen LogP contribution in [0, 0.1) is 12.8 Å². The molecule has 0 aromatic carbocycles. The Balaban J connectivity index is 3.23. The smallest absolute Gasteiger partial charge is 0.131 e. The Labute approximate surface area is 126 Å². The van der Waals surface area contributed by atoms with Gasteiger partial charge in [-0.2, -0.15) is 5.10 Å². The van der Waals surface area contributed by atoms with Crippen LogP contribution < -0.4 is 4.90 Å². The van der Waals surface area contributed by atoms with Crippen LogP contribution in [-0.2, 0) is 12.4 Å². The number of nitrogens with zero attached hydrogens (tertiary/aromatic N) is 3. The van der Waals surface area contributed by atoms with Crippen molar-refractivity contribution in [2.45, 2.75) is 58.8 Å². The molecule has 0 fully saturated rings. The van der Waals surface area contributed by atoms with Crippen molar-refractivity contribution in [1.29, 1.82) is 0 Å². The zero-order valence-corrected chi connectivity index (χ0v) is 14.8. The Bertz CT molecular complexity index is 394. The van der Waals surface area contributed by atoms with Gasteiger partial charge in [0, 0.05) is 30.5 Å². The second-order valence-electron chi connectivity index (χ2n) is 5.66. The lowest BCUT2D eigenvalue weighted by atomic mass is 10.1. The molecule has 0 radical (unpaired) electrons. The van der Waals surface area contributed by atoms with E-state index in [1.807, 2.05) is 4.68 Å². The van der Waals surface area contributed by atoms with Gasteiger partial charge in [0.05, 0.1) is 5.69 Å². The fraction of sp³-hybridized carbons (Fsp3) is 0.800. The van der Waals surface area contributed by atoms with E-state index >= 15 is 0 Å². The highest BCUT2D eigenvalue weighted by molar-refractivity contribution is 9.08. The quantitative estimate of drug-likeness (QED) is 0.696. The van der Waals surface area contributed by atoms with Crippen molar-refractivity contribution in [2.24, 2.45) is 13.0 Å². The molecule has 0 aliphatic heterocycles. The fourth-order valence-electron chi connectivity index (χ4n) is 2.74. The van der Waals surface area contributed by atoms with Crippen molar-refractivity contribution < 1.29 is 0 Å². The van der Waals surface area contributed by atoms with Gasteiger partial charge < -0.3 is 4.90 Å². The molecule has 1 heterocycles. The van der Waals surface area contributed by atoms with Crippen LogP contribution >= 0.6 is 15.9 Å². The van der Waals surface area contributed by atoms with Gasteiger partial charge in [-0.25, -0.2) is 0 Å². The Kier molecular flexibility index (Phi) is 6.37. The highest BCUT2D eigenvalue weighted by atomic mass is 79.9. The fourth-order valence-corrected chi connectivity index (χ4v) is 3.39. The SMILES string of the molecule is CCC(CC)N(CC(C)C)c1c(CBr)c(C)nn1C. The summed E-state index contributed by atoms with van der Waals surface area (Å²) in [5.41, 5.74) is 2.46. The summed E-state index contributed by atoms with van der Waals surface area (Å²) in [4.78, 5) is 2.56. The minimum absolute atomic E-state index is 0.593. The summed E-state index contributed by atoms with van der Waals surface area (Å²) in [6.07, 6.45) is 2.35. The number of hydrogen-bond donors (Lipinski definition) is 0. The van der Waals surface area contributed by atoms with Crippen LogP contribution in [0.4, 0.5) is 5.82 Å². The molecule has 0 bridgehead atoms. The molecule has 0 saturated heterocycles. The van der Waals surface area contributed by atoms with Gasteiger partial charge in [-0.05, 0) is 25.7 Å². The summed E-state index contributed by atoms with van der Waals surface area (Å²) in [6, 6.07) is 0.593. The lowest BCUT2D eigenvalue weighted by Crippen LogP contribution is -2.39. The molecule has 0 saturated carbocycles. The average Bonchev–Trinajstić information content (AvgIpc) is 2.63. The zero-order chi connectivity index (χ0) is 14.6. The van der Waals surface area contributed by atoms with E-state index in [1.165, 1.54) is 24.2 Å². The lowest BCUT2D eigenvalue weighted by molar-refractivity contribution is 0.493. The Hall–Kier alpha value is -0.510. The van der Waals surface area contributed by atoms with Crippen LogP contribution in [0.15, 0.2) is 0 Å². The van der Waals surface area contributed by atoms with E-state index in [9.17, 15) is 0 Å². The molecule has 1 aromatic heterocycles. The molecular weight excluding hydrogens is 302 g/mol. The van der Waals surface area contributed by atoms with Crippen molar-refractivity contribution in [3.8, 4) is 0 Å². The minimum Gasteiger partial charge on any atom is -0.353 e. The molecule has 1 rings (SSSR count). The van der Waals surface area contributed by atoms with Gasteiger partial charge in [0.25, 0.3) is 0 Å². The maximum Gasteiger partial charge on any atom is 0.131 e. The van der Waals surface area contributed by atoms with Crippen LogP contribution in [0.2, 0.25) is 0 Å². The van der Waals surface area contributed by atoms with Crippen molar-refractivity contribution in [2.75, 3.05) is 11.4 Å². The second-order valence-corrected chi connectivity index (χ2v) is 6.22. The first-order valence-corrected chi connectivity index (χ1v) is 8.43. The normalized spacial score (nSPS) is 11.6. The molecule has 3 nitrogen and oxygen atoms in total. The molecule has 0 aliphatic carbocycles. The van der Waals surface area contributed by atoms with E-state index in [-0.39, 0.29) is 0 Å². The molecule has 0 aliphatic rings. The van der Waals surface area contributed by atoms with Crippen LogP contribution in [0.1, 0.15) is 51.8 Å². The standard InChI is InChI=1S/C15H28BrN3/c1-7-13(8-2)19(10-11(3)4)15-14(9-16)12(5)17-18(15)6/h11,13H,7-10H2,1-6H3. The molecule has 4 heteroatoms. The molecule has 0 N–H and O–H groups in total. The number of hydrogen-bond acceptors (Lipinski definition) is 2. The highest BCUT2D eigenvalue weighted by Crippen LogP contribution is 2.29. The first-order chi connectivity index (χ1) is 8.96. The number of anilines is 1. The maximum atomic E-state index is 4.61. The van der Waals surface area contributed by atoms with E-state index < -0.39 is 0 Å². The molecular formula is C15H28BrN3. The predicted octanol–water partition coefficient (Wildman–Crippen LogP) is 4.27. The van der Waals surface area contributed by atoms with Crippen molar-refractivity contribution in [1.82, 2.24) is 9.78 Å². The molecule has 0 amide bonds. The number of aryl methyl sites for hydroxylation is 2. The van der Waals surface area contributed by atoms with Gasteiger partial charge in [0.15, 0.2) is 0 Å².